The van der Waals surface area contributed by atoms with Gasteiger partial charge in [0, 0.05) is 19.0 Å². The first-order chi connectivity index (χ1) is 9.38. The van der Waals surface area contributed by atoms with Gasteiger partial charge in [-0.15, -0.1) is 0 Å². The predicted octanol–water partition coefficient (Wildman–Crippen LogP) is 1.77. The van der Waals surface area contributed by atoms with E-state index in [9.17, 15) is 18.0 Å². The number of ether oxygens (including phenoxy) is 1. The summed E-state index contributed by atoms with van der Waals surface area (Å²) in [6, 6.07) is 8.66. The fraction of sp³-hybridized carbons (Fsp3) is 0.462. The van der Waals surface area contributed by atoms with E-state index in [1.54, 1.807) is 0 Å². The quantitative estimate of drug-likeness (QED) is 0.752. The number of alkyl halides is 3. The van der Waals surface area contributed by atoms with Crippen LogP contribution in [0.2, 0.25) is 0 Å². The first kappa shape index (κ1) is 16.5. The van der Waals surface area contributed by atoms with Crippen molar-refractivity contribution in [3.05, 3.63) is 35.9 Å². The molecule has 1 amide bonds. The van der Waals surface area contributed by atoms with Gasteiger partial charge < -0.3 is 15.8 Å². The highest BCUT2D eigenvalue weighted by atomic mass is 19.4. The van der Waals surface area contributed by atoms with Crippen molar-refractivity contribution in [3.63, 3.8) is 0 Å². The van der Waals surface area contributed by atoms with Crippen LogP contribution in [0.25, 0.3) is 0 Å². The first-order valence-electron chi connectivity index (χ1n) is 6.10. The molecular weight excluding hydrogens is 273 g/mol. The summed E-state index contributed by atoms with van der Waals surface area (Å²) < 4.78 is 39.7. The maximum Gasteiger partial charge on any atom is 0.411 e. The largest absolute Gasteiger partial charge is 0.411 e. The van der Waals surface area contributed by atoms with Crippen molar-refractivity contribution in [3.8, 4) is 0 Å². The maximum absolute atomic E-state index is 11.8. The number of hydrogen-bond donors (Lipinski definition) is 2. The second-order valence-corrected chi connectivity index (χ2v) is 4.24. The minimum atomic E-state index is -4.35. The standard InChI is InChI=1S/C13H17F3N2O2/c14-13(15,16)9-20-7-6-18-12(19)8-11(17)10-4-2-1-3-5-10/h1-5,11H,6-9,17H2,(H,18,19). The molecule has 0 spiro atoms. The number of amides is 1. The molecule has 0 bridgehead atoms. The first-order valence-corrected chi connectivity index (χ1v) is 6.10. The Bertz CT molecular complexity index is 410. The van der Waals surface area contributed by atoms with Crippen LogP contribution < -0.4 is 11.1 Å². The highest BCUT2D eigenvalue weighted by Gasteiger charge is 2.27. The average molecular weight is 290 g/mol. The molecule has 0 radical (unpaired) electrons. The van der Waals surface area contributed by atoms with E-state index in [1.807, 2.05) is 30.3 Å². The lowest BCUT2D eigenvalue weighted by atomic mass is 10.0. The van der Waals surface area contributed by atoms with Gasteiger partial charge in [-0.25, -0.2) is 0 Å². The molecule has 112 valence electrons. The molecule has 3 N–H and O–H groups in total. The van der Waals surface area contributed by atoms with E-state index in [0.717, 1.165) is 5.56 Å². The molecular formula is C13H17F3N2O2. The molecule has 1 rings (SSSR count). The minimum Gasteiger partial charge on any atom is -0.370 e. The number of rotatable bonds is 7. The van der Waals surface area contributed by atoms with Crippen LogP contribution in [-0.2, 0) is 9.53 Å². The molecule has 0 aliphatic carbocycles. The van der Waals surface area contributed by atoms with Gasteiger partial charge in [0.1, 0.15) is 6.61 Å². The van der Waals surface area contributed by atoms with Crippen molar-refractivity contribution in [1.29, 1.82) is 0 Å². The monoisotopic (exact) mass is 290 g/mol. The second-order valence-electron chi connectivity index (χ2n) is 4.24. The summed E-state index contributed by atoms with van der Waals surface area (Å²) in [5.74, 6) is -0.322. The van der Waals surface area contributed by atoms with Crippen LogP contribution in [0.5, 0.6) is 0 Å². The fourth-order valence-corrected chi connectivity index (χ4v) is 1.54. The number of carbonyl (C=O) groups excluding carboxylic acids is 1. The summed E-state index contributed by atoms with van der Waals surface area (Å²) in [5.41, 5.74) is 6.67. The van der Waals surface area contributed by atoms with E-state index in [0.29, 0.717) is 0 Å². The number of halogens is 3. The van der Waals surface area contributed by atoms with Crippen LogP contribution in [0.3, 0.4) is 0 Å². The lowest BCUT2D eigenvalue weighted by Gasteiger charge is -2.12. The van der Waals surface area contributed by atoms with Crippen molar-refractivity contribution < 1.29 is 22.7 Å². The number of nitrogens with two attached hydrogens (primary N) is 1. The Labute approximate surface area is 115 Å². The number of benzene rings is 1. The van der Waals surface area contributed by atoms with Gasteiger partial charge in [0.05, 0.1) is 6.61 Å². The van der Waals surface area contributed by atoms with Crippen molar-refractivity contribution >= 4 is 5.91 Å². The van der Waals surface area contributed by atoms with Crippen LogP contribution in [0, 0.1) is 0 Å². The van der Waals surface area contributed by atoms with Crippen molar-refractivity contribution in [2.75, 3.05) is 19.8 Å². The van der Waals surface area contributed by atoms with E-state index in [-0.39, 0.29) is 25.5 Å². The summed E-state index contributed by atoms with van der Waals surface area (Å²) >= 11 is 0. The molecule has 0 aliphatic heterocycles. The Morgan fingerprint density at radius 1 is 1.30 bits per heavy atom. The summed E-state index contributed by atoms with van der Waals surface area (Å²) in [6.45, 7) is -1.48. The third-order valence-electron chi connectivity index (χ3n) is 2.47. The van der Waals surface area contributed by atoms with Crippen molar-refractivity contribution in [2.24, 2.45) is 5.73 Å². The van der Waals surface area contributed by atoms with Gasteiger partial charge >= 0.3 is 6.18 Å². The molecule has 1 atom stereocenters. The van der Waals surface area contributed by atoms with Crippen LogP contribution in [0.15, 0.2) is 30.3 Å². The summed E-state index contributed by atoms with van der Waals surface area (Å²) in [6.07, 6.45) is -4.27. The van der Waals surface area contributed by atoms with E-state index >= 15 is 0 Å². The lowest BCUT2D eigenvalue weighted by Crippen LogP contribution is -2.31. The molecule has 0 aliphatic rings. The van der Waals surface area contributed by atoms with Crippen LogP contribution >= 0.6 is 0 Å². The molecule has 7 heteroatoms. The smallest absolute Gasteiger partial charge is 0.370 e. The fourth-order valence-electron chi connectivity index (χ4n) is 1.54. The van der Waals surface area contributed by atoms with Crippen molar-refractivity contribution in [1.82, 2.24) is 5.32 Å². The summed E-state index contributed by atoms with van der Waals surface area (Å²) in [4.78, 5) is 11.5. The third kappa shape index (κ3) is 7.10. The van der Waals surface area contributed by atoms with E-state index in [4.69, 9.17) is 5.73 Å². The molecule has 0 aromatic heterocycles. The lowest BCUT2D eigenvalue weighted by molar-refractivity contribution is -0.173. The highest BCUT2D eigenvalue weighted by molar-refractivity contribution is 5.76. The SMILES string of the molecule is NC(CC(=O)NCCOCC(F)(F)F)c1ccccc1. The molecule has 4 nitrogen and oxygen atoms in total. The third-order valence-corrected chi connectivity index (χ3v) is 2.47. The number of hydrogen-bond acceptors (Lipinski definition) is 3. The Morgan fingerprint density at radius 2 is 1.95 bits per heavy atom. The zero-order chi connectivity index (χ0) is 15.0. The van der Waals surface area contributed by atoms with Gasteiger partial charge in [-0.3, -0.25) is 4.79 Å². The predicted molar refractivity (Wildman–Crippen MR) is 67.9 cm³/mol. The zero-order valence-electron chi connectivity index (χ0n) is 10.8. The zero-order valence-corrected chi connectivity index (χ0v) is 10.8. The topological polar surface area (TPSA) is 64.4 Å². The Hall–Kier alpha value is -1.60. The average Bonchev–Trinajstić information content (AvgIpc) is 2.38. The van der Waals surface area contributed by atoms with E-state index < -0.39 is 18.8 Å². The number of nitrogens with one attached hydrogen (secondary N) is 1. The normalized spacial score (nSPS) is 13.0. The Morgan fingerprint density at radius 3 is 2.55 bits per heavy atom. The van der Waals surface area contributed by atoms with Crippen LogP contribution in [0.1, 0.15) is 18.0 Å². The number of carbonyl (C=O) groups is 1. The second kappa shape index (κ2) is 7.86. The molecule has 0 heterocycles. The molecule has 20 heavy (non-hydrogen) atoms. The Balaban J connectivity index is 2.18. The molecule has 1 aromatic carbocycles. The van der Waals surface area contributed by atoms with Crippen molar-refractivity contribution in [2.45, 2.75) is 18.6 Å². The van der Waals surface area contributed by atoms with Gasteiger partial charge in [-0.1, -0.05) is 30.3 Å². The summed E-state index contributed by atoms with van der Waals surface area (Å²) in [5, 5.41) is 2.46. The Kier molecular flexibility index (Phi) is 6.47. The van der Waals surface area contributed by atoms with Crippen LogP contribution in [-0.4, -0.2) is 31.8 Å². The summed E-state index contributed by atoms with van der Waals surface area (Å²) in [7, 11) is 0. The molecule has 1 aromatic rings. The molecule has 0 fully saturated rings. The molecule has 1 unspecified atom stereocenters. The van der Waals surface area contributed by atoms with Gasteiger partial charge in [0.15, 0.2) is 0 Å². The molecule has 0 saturated carbocycles. The van der Waals surface area contributed by atoms with E-state index in [1.165, 1.54) is 0 Å². The van der Waals surface area contributed by atoms with Gasteiger partial charge in [-0.2, -0.15) is 13.2 Å². The van der Waals surface area contributed by atoms with Gasteiger partial charge in [0.25, 0.3) is 0 Å². The minimum absolute atomic E-state index is 0.0242. The maximum atomic E-state index is 11.8. The van der Waals surface area contributed by atoms with Gasteiger partial charge in [0.2, 0.25) is 5.91 Å². The molecule has 0 saturated heterocycles. The highest BCUT2D eigenvalue weighted by Crippen LogP contribution is 2.14. The van der Waals surface area contributed by atoms with E-state index in [2.05, 4.69) is 10.1 Å². The van der Waals surface area contributed by atoms with Crippen LogP contribution in [0.4, 0.5) is 13.2 Å². The van der Waals surface area contributed by atoms with Gasteiger partial charge in [-0.05, 0) is 5.56 Å².